The number of carbonyl (C=O) groups excluding carboxylic acids is 2. The predicted octanol–water partition coefficient (Wildman–Crippen LogP) is 2.50. The molecule has 0 spiro atoms. The lowest BCUT2D eigenvalue weighted by Gasteiger charge is -2.25. The smallest absolute Gasteiger partial charge is 0.325 e. The SMILES string of the molecule is CCc1ccc(N(C)C(=O)[C@H](Cc2cc(F)cc(F)c2)NC(=O)NS(=O)(=O)N2CCc3cccnc32)cn1. The number of hydrogen-bond acceptors (Lipinski definition) is 6. The summed E-state index contributed by atoms with van der Waals surface area (Å²) in [7, 11) is -2.90. The number of benzene rings is 1. The highest BCUT2D eigenvalue weighted by Gasteiger charge is 2.33. The van der Waals surface area contributed by atoms with E-state index in [1.165, 1.54) is 24.3 Å². The number of rotatable bonds is 8. The van der Waals surface area contributed by atoms with Gasteiger partial charge in [0.1, 0.15) is 23.5 Å². The maximum absolute atomic E-state index is 13.8. The molecule has 2 aromatic heterocycles. The zero-order valence-electron chi connectivity index (χ0n) is 20.7. The van der Waals surface area contributed by atoms with Gasteiger partial charge in [-0.1, -0.05) is 13.0 Å². The summed E-state index contributed by atoms with van der Waals surface area (Å²) in [5.74, 6) is -2.16. The highest BCUT2D eigenvalue weighted by Crippen LogP contribution is 2.26. The molecule has 38 heavy (non-hydrogen) atoms. The molecule has 0 bridgehead atoms. The molecule has 4 rings (SSSR count). The van der Waals surface area contributed by atoms with Gasteiger partial charge in [-0.2, -0.15) is 8.42 Å². The first-order valence-corrected chi connectivity index (χ1v) is 13.2. The highest BCUT2D eigenvalue weighted by atomic mass is 32.2. The van der Waals surface area contributed by atoms with Crippen LogP contribution < -0.4 is 19.2 Å². The third-order valence-corrected chi connectivity index (χ3v) is 7.43. The average Bonchev–Trinajstić information content (AvgIpc) is 3.32. The van der Waals surface area contributed by atoms with E-state index in [0.29, 0.717) is 30.2 Å². The predicted molar refractivity (Wildman–Crippen MR) is 137 cm³/mol. The molecule has 0 radical (unpaired) electrons. The number of amides is 3. The molecule has 0 aliphatic carbocycles. The molecule has 13 heteroatoms. The maximum atomic E-state index is 13.8. The van der Waals surface area contributed by atoms with Gasteiger partial charge >= 0.3 is 16.2 Å². The number of nitrogens with one attached hydrogen (secondary N) is 2. The first kappa shape index (κ1) is 26.9. The van der Waals surface area contributed by atoms with Crippen molar-refractivity contribution in [3.8, 4) is 0 Å². The monoisotopic (exact) mass is 544 g/mol. The van der Waals surface area contributed by atoms with Crippen molar-refractivity contribution in [2.75, 3.05) is 22.8 Å². The van der Waals surface area contributed by atoms with Crippen molar-refractivity contribution in [1.29, 1.82) is 0 Å². The molecule has 1 aliphatic heterocycles. The van der Waals surface area contributed by atoms with Crippen LogP contribution in [0.2, 0.25) is 0 Å². The molecule has 1 aliphatic rings. The summed E-state index contributed by atoms with van der Waals surface area (Å²) in [6, 6.07) is 7.03. The van der Waals surface area contributed by atoms with Crippen molar-refractivity contribution in [3.63, 3.8) is 0 Å². The molecule has 10 nitrogen and oxygen atoms in total. The van der Waals surface area contributed by atoms with Crippen LogP contribution in [-0.4, -0.2) is 50.0 Å². The highest BCUT2D eigenvalue weighted by molar-refractivity contribution is 7.91. The van der Waals surface area contributed by atoms with Crippen molar-refractivity contribution in [2.45, 2.75) is 32.2 Å². The molecule has 3 aromatic rings. The van der Waals surface area contributed by atoms with Crippen LogP contribution in [0.25, 0.3) is 0 Å². The van der Waals surface area contributed by atoms with Crippen LogP contribution in [0.5, 0.6) is 0 Å². The Labute approximate surface area is 218 Å². The number of nitrogens with zero attached hydrogens (tertiary/aromatic N) is 4. The van der Waals surface area contributed by atoms with Crippen LogP contribution in [-0.2, 0) is 34.3 Å². The lowest BCUT2D eigenvalue weighted by molar-refractivity contribution is -0.120. The van der Waals surface area contributed by atoms with Crippen molar-refractivity contribution < 1.29 is 26.8 Å². The van der Waals surface area contributed by atoms with Crippen LogP contribution in [0.3, 0.4) is 0 Å². The molecular formula is C25H26F2N6O4S. The Hall–Kier alpha value is -4.13. The lowest BCUT2D eigenvalue weighted by atomic mass is 10.0. The largest absolute Gasteiger partial charge is 0.330 e. The molecule has 1 atom stereocenters. The number of halogens is 2. The van der Waals surface area contributed by atoms with Gasteiger partial charge in [-0.15, -0.1) is 0 Å². The fraction of sp³-hybridized carbons (Fsp3) is 0.280. The summed E-state index contributed by atoms with van der Waals surface area (Å²) in [5, 5.41) is 2.35. The van der Waals surface area contributed by atoms with Crippen LogP contribution in [0.15, 0.2) is 54.9 Å². The Morgan fingerprint density at radius 3 is 2.53 bits per heavy atom. The van der Waals surface area contributed by atoms with E-state index >= 15 is 0 Å². The molecule has 3 heterocycles. The van der Waals surface area contributed by atoms with Gasteiger partial charge in [-0.25, -0.2) is 27.6 Å². The standard InChI is InChI=1S/C25H26F2N6O4S/c1-3-20-6-7-21(15-29-20)32(2)24(34)22(13-16-11-18(26)14-19(27)12-16)30-25(35)31-38(36,37)33-10-8-17-5-4-9-28-23(17)33/h4-7,9,11-12,14-15,22H,3,8,10,13H2,1-2H3,(H2,30,31,35)/t22-/m0/s1. The summed E-state index contributed by atoms with van der Waals surface area (Å²) >= 11 is 0. The Bertz CT molecular complexity index is 1430. The van der Waals surface area contributed by atoms with E-state index in [-0.39, 0.29) is 24.3 Å². The minimum Gasteiger partial charge on any atom is -0.325 e. The Morgan fingerprint density at radius 1 is 1.13 bits per heavy atom. The summed E-state index contributed by atoms with van der Waals surface area (Å²) in [6.07, 6.45) is 3.74. The van der Waals surface area contributed by atoms with E-state index in [1.54, 1.807) is 24.3 Å². The van der Waals surface area contributed by atoms with Crippen molar-refractivity contribution in [3.05, 3.63) is 83.3 Å². The van der Waals surface area contributed by atoms with E-state index < -0.39 is 39.8 Å². The quantitative estimate of drug-likeness (QED) is 0.449. The van der Waals surface area contributed by atoms with E-state index in [0.717, 1.165) is 22.1 Å². The van der Waals surface area contributed by atoms with Gasteiger partial charge in [0.25, 0.3) is 0 Å². The molecular weight excluding hydrogens is 518 g/mol. The minimum atomic E-state index is -4.36. The third-order valence-electron chi connectivity index (χ3n) is 6.05. The van der Waals surface area contributed by atoms with Crippen LogP contribution in [0.4, 0.5) is 25.1 Å². The number of anilines is 2. The molecule has 1 aromatic carbocycles. The van der Waals surface area contributed by atoms with Gasteiger partial charge in [0.05, 0.1) is 11.9 Å². The fourth-order valence-electron chi connectivity index (χ4n) is 4.12. The molecule has 0 saturated heterocycles. The second kappa shape index (κ2) is 11.1. The second-order valence-corrected chi connectivity index (χ2v) is 10.3. The number of likely N-dealkylation sites (N-methyl/N-ethyl adjacent to an activating group) is 1. The maximum Gasteiger partial charge on any atom is 0.330 e. The second-order valence-electron chi connectivity index (χ2n) is 8.68. The summed E-state index contributed by atoms with van der Waals surface area (Å²) in [4.78, 5) is 35.8. The lowest BCUT2D eigenvalue weighted by Crippen LogP contribution is -2.54. The third kappa shape index (κ3) is 6.05. The zero-order valence-corrected chi connectivity index (χ0v) is 21.5. The fourth-order valence-corrected chi connectivity index (χ4v) is 5.25. The van der Waals surface area contributed by atoms with Gasteiger partial charge in [0.2, 0.25) is 5.91 Å². The zero-order chi connectivity index (χ0) is 27.4. The number of hydrogen-bond donors (Lipinski definition) is 2. The number of carbonyl (C=O) groups is 2. The summed E-state index contributed by atoms with van der Waals surface area (Å²) in [5.41, 5.74) is 2.03. The van der Waals surface area contributed by atoms with Gasteiger partial charge < -0.3 is 10.2 Å². The van der Waals surface area contributed by atoms with Gasteiger partial charge in [-0.05, 0) is 54.3 Å². The van der Waals surface area contributed by atoms with Crippen LogP contribution in [0.1, 0.15) is 23.7 Å². The normalized spacial score (nSPS) is 13.5. The van der Waals surface area contributed by atoms with Gasteiger partial charge in [-0.3, -0.25) is 9.78 Å². The number of pyridine rings is 2. The van der Waals surface area contributed by atoms with Crippen molar-refractivity contribution >= 4 is 33.7 Å². The molecule has 200 valence electrons. The van der Waals surface area contributed by atoms with Crippen molar-refractivity contribution in [1.82, 2.24) is 20.0 Å². The van der Waals surface area contributed by atoms with Crippen LogP contribution >= 0.6 is 0 Å². The van der Waals surface area contributed by atoms with E-state index in [4.69, 9.17) is 0 Å². The Kier molecular flexibility index (Phi) is 7.86. The van der Waals surface area contributed by atoms with E-state index in [9.17, 15) is 26.8 Å². The Balaban J connectivity index is 1.55. The first-order valence-electron chi connectivity index (χ1n) is 11.8. The molecule has 2 N–H and O–H groups in total. The topological polar surface area (TPSA) is 125 Å². The van der Waals surface area contributed by atoms with E-state index in [1.807, 2.05) is 11.6 Å². The summed E-state index contributed by atoms with van der Waals surface area (Å²) in [6.45, 7) is 2.02. The van der Waals surface area contributed by atoms with E-state index in [2.05, 4.69) is 15.3 Å². The van der Waals surface area contributed by atoms with Gasteiger partial charge in [0, 0.05) is 38.0 Å². The van der Waals surface area contributed by atoms with Crippen molar-refractivity contribution in [2.24, 2.45) is 0 Å². The molecule has 0 saturated carbocycles. The average molecular weight is 545 g/mol. The number of aryl methyl sites for hydroxylation is 1. The van der Waals surface area contributed by atoms with Gasteiger partial charge in [0.15, 0.2) is 0 Å². The number of fused-ring (bicyclic) bond motifs is 1. The first-order chi connectivity index (χ1) is 18.1. The molecule has 0 fully saturated rings. The minimum absolute atomic E-state index is 0.0867. The summed E-state index contributed by atoms with van der Waals surface area (Å²) < 4.78 is 56.4. The Morgan fingerprint density at radius 2 is 1.87 bits per heavy atom. The van der Waals surface area contributed by atoms with Crippen LogP contribution in [0, 0.1) is 11.6 Å². The number of urea groups is 1. The number of aromatic nitrogens is 2. The molecule has 3 amide bonds. The molecule has 0 unspecified atom stereocenters.